The zero-order valence-electron chi connectivity index (χ0n) is 17.0. The molecule has 5 rings (SSSR count). The molecule has 0 unspecified atom stereocenters. The predicted octanol–water partition coefficient (Wildman–Crippen LogP) is 4.60. The first-order valence-corrected chi connectivity index (χ1v) is 10.0. The molecule has 0 spiro atoms. The molecule has 1 aliphatic rings. The van der Waals surface area contributed by atoms with E-state index in [1.54, 1.807) is 23.1 Å². The Labute approximate surface area is 183 Å². The van der Waals surface area contributed by atoms with Crippen LogP contribution in [-0.2, 0) is 0 Å². The van der Waals surface area contributed by atoms with Crippen LogP contribution < -0.4 is 10.6 Å². The summed E-state index contributed by atoms with van der Waals surface area (Å²) in [6.45, 7) is 2.75. The molecule has 7 nitrogen and oxygen atoms in total. The highest BCUT2D eigenvalue weighted by Crippen LogP contribution is 2.38. The van der Waals surface area contributed by atoms with Gasteiger partial charge < -0.3 is 15.6 Å². The Morgan fingerprint density at radius 2 is 2.06 bits per heavy atom. The number of aromatic nitrogens is 5. The molecule has 0 saturated heterocycles. The number of rotatable bonds is 6. The summed E-state index contributed by atoms with van der Waals surface area (Å²) in [4.78, 5) is 11.0. The minimum atomic E-state index is -4.38. The molecule has 172 valence electrons. The number of nitrogens with zero attached hydrogens (tertiary/aromatic N) is 4. The van der Waals surface area contributed by atoms with Gasteiger partial charge in [0, 0.05) is 59.7 Å². The second-order valence-electron chi connectivity index (χ2n) is 8.01. The van der Waals surface area contributed by atoms with E-state index >= 15 is 0 Å². The Morgan fingerprint density at radius 1 is 1.27 bits per heavy atom. The Balaban J connectivity index is 1.42. The Morgan fingerprint density at radius 3 is 2.79 bits per heavy atom. The van der Waals surface area contributed by atoms with Crippen LogP contribution in [0, 0.1) is 0 Å². The summed E-state index contributed by atoms with van der Waals surface area (Å²) in [5.41, 5.74) is 3.83. The highest BCUT2D eigenvalue weighted by atomic mass is 19.4. The van der Waals surface area contributed by atoms with Crippen molar-refractivity contribution in [3.8, 4) is 11.1 Å². The van der Waals surface area contributed by atoms with Crippen molar-refractivity contribution in [3.05, 3.63) is 49.1 Å². The van der Waals surface area contributed by atoms with Crippen molar-refractivity contribution in [1.29, 1.82) is 0 Å². The molecule has 12 heteroatoms. The molecule has 1 saturated carbocycles. The fourth-order valence-electron chi connectivity index (χ4n) is 3.88. The van der Waals surface area contributed by atoms with Crippen LogP contribution in [-0.4, -0.2) is 49.3 Å². The molecule has 0 aromatic carbocycles. The van der Waals surface area contributed by atoms with Gasteiger partial charge in [-0.1, -0.05) is 6.58 Å². The van der Waals surface area contributed by atoms with Gasteiger partial charge in [0.25, 0.3) is 5.92 Å². The third-order valence-electron chi connectivity index (χ3n) is 5.51. The van der Waals surface area contributed by atoms with E-state index < -0.39 is 18.6 Å². The molecule has 33 heavy (non-hydrogen) atoms. The minimum Gasteiger partial charge on any atom is -0.382 e. The minimum absolute atomic E-state index is 0.134. The number of aromatic amines is 1. The summed E-state index contributed by atoms with van der Waals surface area (Å²) in [5.74, 6) is -2.77. The standard InChI is InChI=1S/C21H18F5N7/c1-11(31-13-5-20(22,23)6-13)14-9-30-33-3-2-12(4-17(14)33)15-7-27-18-16(15)8-28-19(32-18)29-10-21(24,25)26/h2-4,7-9,13,31H,1,5-6,10H2,(H2,27,28,29,32). The van der Waals surface area contributed by atoms with Crippen molar-refractivity contribution in [2.75, 3.05) is 11.9 Å². The second kappa shape index (κ2) is 7.42. The van der Waals surface area contributed by atoms with Gasteiger partial charge in [-0.15, -0.1) is 0 Å². The zero-order valence-corrected chi connectivity index (χ0v) is 17.0. The van der Waals surface area contributed by atoms with Gasteiger partial charge in [0.1, 0.15) is 12.2 Å². The maximum Gasteiger partial charge on any atom is 0.405 e. The molecule has 3 N–H and O–H groups in total. The third kappa shape index (κ3) is 4.20. The Bertz CT molecular complexity index is 1350. The number of halogens is 5. The van der Waals surface area contributed by atoms with E-state index in [1.807, 2.05) is 12.1 Å². The van der Waals surface area contributed by atoms with Gasteiger partial charge in [0.05, 0.1) is 11.7 Å². The molecular weight excluding hydrogens is 445 g/mol. The first-order chi connectivity index (χ1) is 15.6. The van der Waals surface area contributed by atoms with E-state index in [2.05, 4.69) is 37.3 Å². The van der Waals surface area contributed by atoms with Crippen molar-refractivity contribution in [2.45, 2.75) is 31.0 Å². The van der Waals surface area contributed by atoms with Crippen LogP contribution in [0.15, 0.2) is 43.5 Å². The molecule has 0 amide bonds. The van der Waals surface area contributed by atoms with Crippen LogP contribution in [0.1, 0.15) is 18.4 Å². The van der Waals surface area contributed by atoms with Crippen molar-refractivity contribution < 1.29 is 22.0 Å². The van der Waals surface area contributed by atoms with Crippen molar-refractivity contribution in [3.63, 3.8) is 0 Å². The lowest BCUT2D eigenvalue weighted by Crippen LogP contribution is -2.47. The molecule has 0 aliphatic heterocycles. The second-order valence-corrected chi connectivity index (χ2v) is 8.01. The highest BCUT2D eigenvalue weighted by molar-refractivity contribution is 5.94. The number of hydrogen-bond donors (Lipinski definition) is 3. The summed E-state index contributed by atoms with van der Waals surface area (Å²) in [6.07, 6.45) is 1.66. The van der Waals surface area contributed by atoms with Crippen molar-refractivity contribution >= 4 is 28.2 Å². The van der Waals surface area contributed by atoms with Crippen LogP contribution in [0.3, 0.4) is 0 Å². The maximum absolute atomic E-state index is 13.1. The lowest BCUT2D eigenvalue weighted by atomic mass is 9.88. The van der Waals surface area contributed by atoms with E-state index in [-0.39, 0.29) is 24.8 Å². The topological polar surface area (TPSA) is 82.9 Å². The maximum atomic E-state index is 13.1. The van der Waals surface area contributed by atoms with Crippen molar-refractivity contribution in [2.24, 2.45) is 0 Å². The lowest BCUT2D eigenvalue weighted by Gasteiger charge is -2.36. The summed E-state index contributed by atoms with van der Waals surface area (Å²) >= 11 is 0. The molecule has 4 heterocycles. The highest BCUT2D eigenvalue weighted by Gasteiger charge is 2.45. The number of hydrogen-bond acceptors (Lipinski definition) is 5. The molecule has 4 aromatic rings. The fourth-order valence-corrected chi connectivity index (χ4v) is 3.88. The smallest absolute Gasteiger partial charge is 0.382 e. The van der Waals surface area contributed by atoms with E-state index in [9.17, 15) is 22.0 Å². The van der Waals surface area contributed by atoms with Crippen LogP contribution in [0.2, 0.25) is 0 Å². The first-order valence-electron chi connectivity index (χ1n) is 10.0. The van der Waals surface area contributed by atoms with E-state index in [0.717, 1.165) is 16.6 Å². The number of fused-ring (bicyclic) bond motifs is 2. The van der Waals surface area contributed by atoms with Gasteiger partial charge in [0.2, 0.25) is 5.95 Å². The van der Waals surface area contributed by atoms with Gasteiger partial charge in [0.15, 0.2) is 0 Å². The number of alkyl halides is 5. The molecule has 0 atom stereocenters. The van der Waals surface area contributed by atoms with Gasteiger partial charge >= 0.3 is 6.18 Å². The molecule has 4 aromatic heterocycles. The van der Waals surface area contributed by atoms with E-state index in [1.165, 1.54) is 6.20 Å². The van der Waals surface area contributed by atoms with Gasteiger partial charge in [-0.25, -0.2) is 18.3 Å². The quantitative estimate of drug-likeness (QED) is 0.364. The average molecular weight is 463 g/mol. The molecule has 0 bridgehead atoms. The molecule has 1 fully saturated rings. The van der Waals surface area contributed by atoms with Gasteiger partial charge in [-0.05, 0) is 17.7 Å². The zero-order chi connectivity index (χ0) is 23.4. The first kappa shape index (κ1) is 21.2. The number of nitrogens with one attached hydrogen (secondary N) is 3. The largest absolute Gasteiger partial charge is 0.405 e. The fraction of sp³-hybridized carbons (Fsp3) is 0.286. The normalized spacial score (nSPS) is 16.2. The number of pyridine rings is 1. The predicted molar refractivity (Wildman–Crippen MR) is 113 cm³/mol. The van der Waals surface area contributed by atoms with E-state index in [0.29, 0.717) is 22.3 Å². The summed E-state index contributed by atoms with van der Waals surface area (Å²) in [7, 11) is 0. The number of H-pyrrole nitrogens is 1. The lowest BCUT2D eigenvalue weighted by molar-refractivity contribution is -0.115. The molecule has 0 radical (unpaired) electrons. The monoisotopic (exact) mass is 463 g/mol. The van der Waals surface area contributed by atoms with Crippen LogP contribution in [0.5, 0.6) is 0 Å². The molecular formula is C21H18F5N7. The molecule has 1 aliphatic carbocycles. The van der Waals surface area contributed by atoms with Crippen LogP contribution in [0.4, 0.5) is 27.9 Å². The van der Waals surface area contributed by atoms with Crippen LogP contribution in [0.25, 0.3) is 33.4 Å². The number of anilines is 1. The third-order valence-corrected chi connectivity index (χ3v) is 5.51. The summed E-state index contributed by atoms with van der Waals surface area (Å²) < 4.78 is 65.2. The SMILES string of the molecule is C=C(NC1CC(F)(F)C1)c1cnn2ccc(-c3c[nH]c4nc(NCC(F)(F)F)ncc34)cc12. The summed E-state index contributed by atoms with van der Waals surface area (Å²) in [5, 5.41) is 10.1. The average Bonchev–Trinajstić information content (AvgIpc) is 3.33. The Kier molecular flexibility index (Phi) is 4.76. The Hall–Kier alpha value is -3.70. The van der Waals surface area contributed by atoms with Gasteiger partial charge in [-0.3, -0.25) is 0 Å². The summed E-state index contributed by atoms with van der Waals surface area (Å²) in [6, 6.07) is 3.35. The van der Waals surface area contributed by atoms with E-state index in [4.69, 9.17) is 0 Å². The van der Waals surface area contributed by atoms with Crippen LogP contribution >= 0.6 is 0 Å². The van der Waals surface area contributed by atoms with Gasteiger partial charge in [-0.2, -0.15) is 23.3 Å². The van der Waals surface area contributed by atoms with Crippen molar-refractivity contribution in [1.82, 2.24) is 29.9 Å².